The first-order chi connectivity index (χ1) is 17.2. The van der Waals surface area contributed by atoms with Gasteiger partial charge in [0, 0.05) is 8.77 Å². The third-order valence-electron chi connectivity index (χ3n) is 4.49. The summed E-state index contributed by atoms with van der Waals surface area (Å²) < 4.78 is 302. The monoisotopic (exact) mass is 714 g/mol. The Balaban J connectivity index is 0.0000160. The largest absolute Gasteiger partial charge is 1.00 e. The van der Waals surface area contributed by atoms with Gasteiger partial charge in [0.25, 0.3) is 0 Å². The third kappa shape index (κ3) is 5.83. The van der Waals surface area contributed by atoms with Crippen LogP contribution in [0.3, 0.4) is 0 Å². The van der Waals surface area contributed by atoms with Crippen molar-refractivity contribution in [3.63, 3.8) is 0 Å². The van der Waals surface area contributed by atoms with Gasteiger partial charge in [-0.3, -0.25) is 4.21 Å². The molecule has 0 bridgehead atoms. The van der Waals surface area contributed by atoms with Gasteiger partial charge in [-0.15, -0.1) is 0 Å². The molecule has 0 saturated carbocycles. The second-order valence-electron chi connectivity index (χ2n) is 6.99. The standard InChI is InChI=1S/C15HF21O2S2.K/c16-2-1(7(40(37,38)39)6(20)5(19)4(2)18)3(17)8(21)9(22,23)10(24,25)11(26,27)12(28,29)13(30,31)14(32,33)15(34,35)36;/h(H,37,38,39);/q;+1/p-1. The van der Waals surface area contributed by atoms with Gasteiger partial charge in [0.15, 0.2) is 29.1 Å². The maximum Gasteiger partial charge on any atom is 1.00 e. The Morgan fingerprint density at radius 1 is 0.585 bits per heavy atom. The summed E-state index contributed by atoms with van der Waals surface area (Å²) in [5, 5.41) is 0. The van der Waals surface area contributed by atoms with Crippen LogP contribution >= 0.6 is 0 Å². The SMILES string of the molecule is O=S([O-])(=S)c1c(F)c(F)c(F)c(F)c1C(F)=C(F)C(F)(F)C(F)(F)C(F)(F)C(F)(F)C(F)(F)C(F)(F)C(F)(F)F.[K+]. The molecule has 0 aliphatic rings. The first kappa shape index (κ1) is 40.5. The summed E-state index contributed by atoms with van der Waals surface area (Å²) in [7, 11) is -6.26. The Labute approximate surface area is 257 Å². The molecule has 0 spiro atoms. The van der Waals surface area contributed by atoms with Gasteiger partial charge in [0.2, 0.25) is 5.83 Å². The van der Waals surface area contributed by atoms with Crippen LogP contribution in [0.1, 0.15) is 5.56 Å². The minimum Gasteiger partial charge on any atom is -0.766 e. The summed E-state index contributed by atoms with van der Waals surface area (Å²) in [6.07, 6.45) is -7.98. The van der Waals surface area contributed by atoms with Crippen molar-refractivity contribution >= 4 is 25.8 Å². The van der Waals surface area contributed by atoms with E-state index in [2.05, 4.69) is 11.2 Å². The molecule has 1 aromatic rings. The average molecular weight is 714 g/mol. The van der Waals surface area contributed by atoms with Crippen LogP contribution in [0.4, 0.5) is 92.2 Å². The average Bonchev–Trinajstić information content (AvgIpc) is 2.76. The Morgan fingerprint density at radius 2 is 0.902 bits per heavy atom. The summed E-state index contributed by atoms with van der Waals surface area (Å²) in [5.41, 5.74) is -3.57. The smallest absolute Gasteiger partial charge is 0.766 e. The van der Waals surface area contributed by atoms with Crippen LogP contribution in [0, 0.1) is 23.3 Å². The first-order valence-electron chi connectivity index (χ1n) is 8.42. The fourth-order valence-electron chi connectivity index (χ4n) is 2.39. The van der Waals surface area contributed by atoms with Gasteiger partial charge in [0.1, 0.15) is 0 Å². The number of rotatable bonds is 8. The van der Waals surface area contributed by atoms with E-state index in [-0.39, 0.29) is 51.4 Å². The summed E-state index contributed by atoms with van der Waals surface area (Å²) >= 11 is 3.34. The third-order valence-corrected chi connectivity index (χ3v) is 5.87. The normalized spacial score (nSPS) is 16.6. The molecule has 0 saturated heterocycles. The molecule has 0 N–H and O–H groups in total. The molecule has 0 aliphatic heterocycles. The number of hydrogen-bond donors (Lipinski definition) is 0. The first-order valence-corrected chi connectivity index (χ1v) is 10.8. The summed E-state index contributed by atoms with van der Waals surface area (Å²) in [4.78, 5) is -3.22. The van der Waals surface area contributed by atoms with Crippen molar-refractivity contribution in [1.82, 2.24) is 0 Å². The molecule has 0 fully saturated rings. The van der Waals surface area contributed by atoms with E-state index in [1.807, 2.05) is 0 Å². The van der Waals surface area contributed by atoms with Crippen LogP contribution in [0.5, 0.6) is 0 Å². The number of alkyl halides is 15. The summed E-state index contributed by atoms with van der Waals surface area (Å²) in [5.74, 6) is -75.7. The molecule has 1 rings (SSSR count). The maximum absolute atomic E-state index is 14.2. The molecule has 0 aromatic heterocycles. The quantitative estimate of drug-likeness (QED) is 0.173. The van der Waals surface area contributed by atoms with Crippen LogP contribution in [-0.2, 0) is 20.0 Å². The van der Waals surface area contributed by atoms with Crippen LogP contribution in [-0.4, -0.2) is 50.5 Å². The van der Waals surface area contributed by atoms with Crippen LogP contribution in [0.2, 0.25) is 0 Å². The number of allylic oxidation sites excluding steroid dienone is 1. The van der Waals surface area contributed by atoms with E-state index in [1.54, 1.807) is 0 Å². The zero-order valence-electron chi connectivity index (χ0n) is 18.1. The van der Waals surface area contributed by atoms with Crippen molar-refractivity contribution in [3.05, 3.63) is 34.7 Å². The molecule has 0 heterocycles. The molecule has 26 heteroatoms. The fraction of sp³-hybridized carbons (Fsp3) is 0.467. The topological polar surface area (TPSA) is 40.1 Å². The number of hydrogen-bond acceptors (Lipinski definition) is 3. The number of benzene rings is 1. The fourth-order valence-corrected chi connectivity index (χ4v) is 3.60. The van der Waals surface area contributed by atoms with Gasteiger partial charge >= 0.3 is 93.1 Å². The van der Waals surface area contributed by atoms with E-state index < -0.39 is 95.9 Å². The molecular weight excluding hydrogens is 714 g/mol. The van der Waals surface area contributed by atoms with Crippen LogP contribution in [0.25, 0.3) is 5.83 Å². The zero-order chi connectivity index (χ0) is 32.6. The van der Waals surface area contributed by atoms with Crippen LogP contribution in [0.15, 0.2) is 10.7 Å². The van der Waals surface area contributed by atoms with Crippen molar-refractivity contribution < 1.29 is 152 Å². The van der Waals surface area contributed by atoms with E-state index in [0.29, 0.717) is 0 Å². The Hall–Kier alpha value is -0.544. The van der Waals surface area contributed by atoms with E-state index >= 15 is 0 Å². The van der Waals surface area contributed by atoms with Gasteiger partial charge in [-0.1, -0.05) is 0 Å². The summed E-state index contributed by atoms with van der Waals surface area (Å²) in [6.45, 7) is 0. The van der Waals surface area contributed by atoms with E-state index in [4.69, 9.17) is 0 Å². The van der Waals surface area contributed by atoms with Gasteiger partial charge in [-0.05, 0) is 11.2 Å². The van der Waals surface area contributed by atoms with Crippen molar-refractivity contribution in [2.45, 2.75) is 46.6 Å². The predicted octanol–water partition coefficient (Wildman–Crippen LogP) is 4.46. The van der Waals surface area contributed by atoms with Gasteiger partial charge in [0.05, 0.1) is 10.5 Å². The van der Waals surface area contributed by atoms with Gasteiger partial charge in [-0.25, -0.2) is 26.3 Å². The summed E-state index contributed by atoms with van der Waals surface area (Å²) in [6, 6.07) is 0. The van der Waals surface area contributed by atoms with E-state index in [0.717, 1.165) is 0 Å². The minimum atomic E-state index is -8.97. The molecule has 41 heavy (non-hydrogen) atoms. The second kappa shape index (κ2) is 11.4. The number of halogens is 21. The molecular formula is C15F21KO2S2. The van der Waals surface area contributed by atoms with Gasteiger partial charge < -0.3 is 4.55 Å². The Morgan fingerprint density at radius 3 is 1.24 bits per heavy atom. The Kier molecular flexibility index (Phi) is 11.3. The second-order valence-corrected chi connectivity index (χ2v) is 9.62. The molecule has 0 radical (unpaired) electrons. The van der Waals surface area contributed by atoms with Crippen molar-refractivity contribution in [1.29, 1.82) is 0 Å². The van der Waals surface area contributed by atoms with Crippen molar-refractivity contribution in [2.24, 2.45) is 0 Å². The molecule has 1 atom stereocenters. The maximum atomic E-state index is 14.2. The molecule has 1 aromatic carbocycles. The van der Waals surface area contributed by atoms with Crippen molar-refractivity contribution in [3.8, 4) is 0 Å². The molecule has 0 aliphatic carbocycles. The van der Waals surface area contributed by atoms with Crippen LogP contribution < -0.4 is 51.4 Å². The van der Waals surface area contributed by atoms with Gasteiger partial charge in [-0.2, -0.15) is 65.9 Å². The van der Waals surface area contributed by atoms with E-state index in [9.17, 15) is 101 Å². The molecule has 1 unspecified atom stereocenters. The minimum absolute atomic E-state index is 0. The molecule has 0 amide bonds. The Bertz CT molecular complexity index is 1330. The molecule has 232 valence electrons. The van der Waals surface area contributed by atoms with Crippen molar-refractivity contribution in [2.75, 3.05) is 0 Å². The zero-order valence-corrected chi connectivity index (χ0v) is 22.8. The van der Waals surface area contributed by atoms with E-state index in [1.165, 1.54) is 0 Å². The molecule has 2 nitrogen and oxygen atoms in total. The predicted molar refractivity (Wildman–Crippen MR) is 85.7 cm³/mol.